The molecule has 42 heavy (non-hydrogen) atoms. The lowest BCUT2D eigenvalue weighted by atomic mass is 9.82. The highest BCUT2D eigenvalue weighted by Gasteiger charge is 2.37. The third-order valence-electron chi connectivity index (χ3n) is 8.81. The number of carbonyl (C=O) groups excluding carboxylic acids is 2. The summed E-state index contributed by atoms with van der Waals surface area (Å²) in [4.78, 5) is 33.2. The van der Waals surface area contributed by atoms with Gasteiger partial charge in [0.25, 0.3) is 0 Å². The Kier molecular flexibility index (Phi) is 10.4. The molecule has 9 N–H and O–H groups in total. The summed E-state index contributed by atoms with van der Waals surface area (Å²) < 4.78 is 0. The highest BCUT2D eigenvalue weighted by Crippen LogP contribution is 2.28. The molecule has 0 aromatic heterocycles. The van der Waals surface area contributed by atoms with E-state index >= 15 is 0 Å². The van der Waals surface area contributed by atoms with Crippen LogP contribution in [0.3, 0.4) is 0 Å². The average molecular weight is 576 g/mol. The molecular formula is C31H45N9O2. The lowest BCUT2D eigenvalue weighted by molar-refractivity contribution is -0.133. The fraction of sp³-hybridized carbons (Fsp3) is 0.516. The average Bonchev–Trinajstić information content (AvgIpc) is 3.43. The van der Waals surface area contributed by atoms with Crippen LogP contribution < -0.4 is 38.5 Å². The standard InChI is InChI=1S/C31H45N9O2/c32-31(33)34-16-7-12-27-30(42)40(20-25(21-8-3-1-4-9-21)22-10-5-2-6-11-22)17-15-24(36-27)19-35-29(41)23-13-14-26-28(18-23)38-39-37-26/h1-6,8-11,23-28,36-39H,7,12-20H2,(H,35,41)(H4,32,33,34)/t23?,24-,26?,27-,28?/m0/s1. The molecule has 11 nitrogen and oxygen atoms in total. The SMILES string of the molecule is NC(N)=NCCC[C@@H]1N[C@H](CNC(=O)C2CCC3NNNC3C2)CCN(CC(c2ccccc2)c2ccccc2)C1=O. The normalized spacial score (nSPS) is 26.0. The molecule has 3 fully saturated rings. The van der Waals surface area contributed by atoms with E-state index in [1.807, 2.05) is 41.3 Å². The summed E-state index contributed by atoms with van der Waals surface area (Å²) in [5, 5.41) is 6.78. The lowest BCUT2D eigenvalue weighted by Crippen LogP contribution is -2.50. The molecule has 2 aromatic rings. The summed E-state index contributed by atoms with van der Waals surface area (Å²) in [6, 6.07) is 21.0. The Balaban J connectivity index is 1.26. The fourth-order valence-electron chi connectivity index (χ4n) is 6.46. The number of carbonyl (C=O) groups is 2. The van der Waals surface area contributed by atoms with Gasteiger partial charge >= 0.3 is 0 Å². The van der Waals surface area contributed by atoms with Gasteiger partial charge < -0.3 is 27.0 Å². The van der Waals surface area contributed by atoms with Crippen molar-refractivity contribution in [2.75, 3.05) is 26.2 Å². The molecule has 5 atom stereocenters. The molecule has 0 spiro atoms. The van der Waals surface area contributed by atoms with Crippen molar-refractivity contribution in [3.05, 3.63) is 71.8 Å². The molecule has 11 heteroatoms. The van der Waals surface area contributed by atoms with E-state index in [1.54, 1.807) is 0 Å². The van der Waals surface area contributed by atoms with Crippen LogP contribution in [0.2, 0.25) is 0 Å². The third kappa shape index (κ3) is 7.86. The van der Waals surface area contributed by atoms with E-state index in [0.29, 0.717) is 45.1 Å². The van der Waals surface area contributed by atoms with Gasteiger partial charge in [-0.05, 0) is 49.7 Å². The number of amides is 2. The smallest absolute Gasteiger partial charge is 0.239 e. The second-order valence-electron chi connectivity index (χ2n) is 11.7. The molecule has 2 aromatic carbocycles. The second kappa shape index (κ2) is 14.6. The minimum atomic E-state index is -0.383. The van der Waals surface area contributed by atoms with Crippen molar-refractivity contribution in [3.8, 4) is 0 Å². The minimum absolute atomic E-state index is 0.0164. The quantitative estimate of drug-likeness (QED) is 0.117. The largest absolute Gasteiger partial charge is 0.370 e. The van der Waals surface area contributed by atoms with Crippen LogP contribution in [-0.2, 0) is 9.59 Å². The third-order valence-corrected chi connectivity index (χ3v) is 8.81. The molecule has 0 bridgehead atoms. The number of hydrazine groups is 2. The van der Waals surface area contributed by atoms with Gasteiger partial charge in [-0.3, -0.25) is 14.6 Å². The highest BCUT2D eigenvalue weighted by atomic mass is 16.2. The Labute approximate surface area is 248 Å². The summed E-state index contributed by atoms with van der Waals surface area (Å²) in [5.74, 6) is 0.264. The summed E-state index contributed by atoms with van der Waals surface area (Å²) in [5.41, 5.74) is 22.8. The number of rotatable bonds is 11. The number of guanidine groups is 1. The van der Waals surface area contributed by atoms with Gasteiger partial charge in [-0.25, -0.2) is 10.9 Å². The van der Waals surface area contributed by atoms with E-state index < -0.39 is 0 Å². The van der Waals surface area contributed by atoms with E-state index in [2.05, 4.69) is 56.3 Å². The number of benzene rings is 2. The first-order valence-electron chi connectivity index (χ1n) is 15.2. The second-order valence-corrected chi connectivity index (χ2v) is 11.7. The Morgan fingerprint density at radius 1 is 0.976 bits per heavy atom. The van der Waals surface area contributed by atoms with E-state index in [-0.39, 0.29) is 47.7 Å². The molecule has 2 heterocycles. The lowest BCUT2D eigenvalue weighted by Gasteiger charge is -2.30. The van der Waals surface area contributed by atoms with Gasteiger partial charge in [-0.15, -0.1) is 0 Å². The summed E-state index contributed by atoms with van der Waals surface area (Å²) in [6.45, 7) is 2.15. The Morgan fingerprint density at radius 2 is 1.67 bits per heavy atom. The summed E-state index contributed by atoms with van der Waals surface area (Å²) in [7, 11) is 0. The van der Waals surface area contributed by atoms with Crippen LogP contribution in [0.5, 0.6) is 0 Å². The maximum absolute atomic E-state index is 14.0. The van der Waals surface area contributed by atoms with Crippen LogP contribution in [0.4, 0.5) is 0 Å². The van der Waals surface area contributed by atoms with Gasteiger partial charge in [-0.2, -0.15) is 5.53 Å². The molecular weight excluding hydrogens is 530 g/mol. The zero-order valence-corrected chi connectivity index (χ0v) is 24.2. The number of nitrogens with one attached hydrogen (secondary N) is 5. The first-order valence-corrected chi connectivity index (χ1v) is 15.2. The van der Waals surface area contributed by atoms with Crippen LogP contribution in [-0.4, -0.2) is 73.0 Å². The number of hydrogen-bond acceptors (Lipinski definition) is 7. The van der Waals surface area contributed by atoms with E-state index in [1.165, 1.54) is 11.1 Å². The van der Waals surface area contributed by atoms with Crippen molar-refractivity contribution in [2.24, 2.45) is 22.4 Å². The molecule has 1 aliphatic carbocycles. The predicted molar refractivity (Wildman–Crippen MR) is 164 cm³/mol. The maximum atomic E-state index is 14.0. The van der Waals surface area contributed by atoms with Crippen molar-refractivity contribution < 1.29 is 9.59 Å². The molecule has 3 aliphatic rings. The summed E-state index contributed by atoms with van der Waals surface area (Å²) >= 11 is 0. The van der Waals surface area contributed by atoms with Gasteiger partial charge in [0.05, 0.1) is 6.04 Å². The summed E-state index contributed by atoms with van der Waals surface area (Å²) in [6.07, 6.45) is 4.65. The van der Waals surface area contributed by atoms with Gasteiger partial charge in [0.15, 0.2) is 5.96 Å². The highest BCUT2D eigenvalue weighted by molar-refractivity contribution is 5.82. The number of nitrogens with two attached hydrogens (primary N) is 2. The van der Waals surface area contributed by atoms with Crippen molar-refractivity contribution >= 4 is 17.8 Å². The Morgan fingerprint density at radius 3 is 2.36 bits per heavy atom. The zero-order valence-electron chi connectivity index (χ0n) is 24.2. The predicted octanol–water partition coefficient (Wildman–Crippen LogP) is 0.697. The van der Waals surface area contributed by atoms with Gasteiger partial charge in [-0.1, -0.05) is 60.7 Å². The van der Waals surface area contributed by atoms with Crippen LogP contribution in [0, 0.1) is 5.92 Å². The first-order chi connectivity index (χ1) is 20.5. The molecule has 2 saturated heterocycles. The molecule has 2 amide bonds. The molecule has 226 valence electrons. The first kappa shape index (κ1) is 30.0. The molecule has 3 unspecified atom stereocenters. The van der Waals surface area contributed by atoms with E-state index in [0.717, 1.165) is 25.7 Å². The van der Waals surface area contributed by atoms with Crippen LogP contribution in [0.1, 0.15) is 55.6 Å². The minimum Gasteiger partial charge on any atom is -0.370 e. The number of fused-ring (bicyclic) bond motifs is 1. The van der Waals surface area contributed by atoms with E-state index in [4.69, 9.17) is 11.5 Å². The monoisotopic (exact) mass is 575 g/mol. The molecule has 1 saturated carbocycles. The zero-order chi connectivity index (χ0) is 29.3. The Bertz CT molecular complexity index is 1150. The van der Waals surface area contributed by atoms with Crippen LogP contribution in [0.15, 0.2) is 65.7 Å². The van der Waals surface area contributed by atoms with Crippen LogP contribution >= 0.6 is 0 Å². The van der Waals surface area contributed by atoms with Crippen molar-refractivity contribution in [2.45, 2.75) is 68.6 Å². The number of aliphatic imine (C=N–C) groups is 1. The van der Waals surface area contributed by atoms with Gasteiger partial charge in [0.1, 0.15) is 0 Å². The molecule has 5 rings (SSSR count). The van der Waals surface area contributed by atoms with Crippen LogP contribution in [0.25, 0.3) is 0 Å². The number of hydrogen-bond donors (Lipinski definition) is 7. The topological polar surface area (TPSA) is 162 Å². The van der Waals surface area contributed by atoms with Crippen molar-refractivity contribution in [1.82, 2.24) is 31.9 Å². The fourth-order valence-corrected chi connectivity index (χ4v) is 6.46. The molecule has 2 aliphatic heterocycles. The van der Waals surface area contributed by atoms with E-state index in [9.17, 15) is 9.59 Å². The van der Waals surface area contributed by atoms with Crippen molar-refractivity contribution in [3.63, 3.8) is 0 Å². The van der Waals surface area contributed by atoms with Gasteiger partial charge in [0.2, 0.25) is 11.8 Å². The van der Waals surface area contributed by atoms with Gasteiger partial charge in [0, 0.05) is 56.1 Å². The maximum Gasteiger partial charge on any atom is 0.239 e. The Hall–Kier alpha value is -3.51. The van der Waals surface area contributed by atoms with Crippen molar-refractivity contribution in [1.29, 1.82) is 0 Å². The molecule has 0 radical (unpaired) electrons. The number of nitrogens with zero attached hydrogens (tertiary/aromatic N) is 2.